The van der Waals surface area contributed by atoms with E-state index in [-0.39, 0.29) is 24.2 Å². The third kappa shape index (κ3) is 4.92. The van der Waals surface area contributed by atoms with Crippen LogP contribution < -0.4 is 11.1 Å². The Kier molecular flexibility index (Phi) is 6.19. The van der Waals surface area contributed by atoms with Crippen LogP contribution in [0, 0.1) is 5.82 Å². The number of halogens is 1. The molecule has 2 atom stereocenters. The lowest BCUT2D eigenvalue weighted by Crippen LogP contribution is -2.51. The summed E-state index contributed by atoms with van der Waals surface area (Å²) in [6, 6.07) is 14.5. The molecule has 27 heavy (non-hydrogen) atoms. The van der Waals surface area contributed by atoms with Gasteiger partial charge in [-0.3, -0.25) is 9.59 Å². The molecule has 1 aliphatic heterocycles. The lowest BCUT2D eigenvalue weighted by molar-refractivity contribution is -0.139. The fourth-order valence-corrected chi connectivity index (χ4v) is 3.43. The second-order valence-corrected chi connectivity index (χ2v) is 6.83. The molecule has 1 fully saturated rings. The summed E-state index contributed by atoms with van der Waals surface area (Å²) in [4.78, 5) is 26.9. The van der Waals surface area contributed by atoms with Crippen molar-refractivity contribution in [3.8, 4) is 0 Å². The Morgan fingerprint density at radius 1 is 1.15 bits per heavy atom. The Labute approximate surface area is 158 Å². The van der Waals surface area contributed by atoms with Gasteiger partial charge in [0.2, 0.25) is 11.8 Å². The molecule has 5 nitrogen and oxygen atoms in total. The van der Waals surface area contributed by atoms with Crippen LogP contribution in [0.1, 0.15) is 24.0 Å². The molecule has 3 N–H and O–H groups in total. The molecule has 0 aromatic heterocycles. The van der Waals surface area contributed by atoms with Crippen molar-refractivity contribution in [1.29, 1.82) is 0 Å². The Morgan fingerprint density at radius 2 is 1.89 bits per heavy atom. The first-order valence-corrected chi connectivity index (χ1v) is 9.17. The molecule has 0 aliphatic carbocycles. The number of likely N-dealkylation sites (tertiary alicyclic amines) is 1. The van der Waals surface area contributed by atoms with Crippen LogP contribution in [-0.2, 0) is 22.6 Å². The van der Waals surface area contributed by atoms with Gasteiger partial charge in [-0.1, -0.05) is 42.5 Å². The standard InChI is InChI=1S/C21H24FN3O2/c22-17-9-4-8-16(12-17)14-24-20(26)19-10-5-11-25(19)21(27)18(23)13-15-6-2-1-3-7-15/h1-4,6-9,12,18-19H,5,10-11,13-14,23H2,(H,24,26)/t18-,19+/m1/s1. The van der Waals surface area contributed by atoms with Crippen LogP contribution in [0.25, 0.3) is 0 Å². The summed E-state index contributed by atoms with van der Waals surface area (Å²) >= 11 is 0. The summed E-state index contributed by atoms with van der Waals surface area (Å²) in [6.45, 7) is 0.755. The first-order chi connectivity index (χ1) is 13.0. The molecule has 0 bridgehead atoms. The molecule has 1 heterocycles. The fourth-order valence-electron chi connectivity index (χ4n) is 3.43. The van der Waals surface area contributed by atoms with E-state index in [1.165, 1.54) is 12.1 Å². The van der Waals surface area contributed by atoms with Crippen molar-refractivity contribution < 1.29 is 14.0 Å². The lowest BCUT2D eigenvalue weighted by atomic mass is 10.1. The fraction of sp³-hybridized carbons (Fsp3) is 0.333. The first kappa shape index (κ1) is 19.0. The van der Waals surface area contributed by atoms with Crippen LogP contribution in [0.5, 0.6) is 0 Å². The zero-order valence-electron chi connectivity index (χ0n) is 15.1. The predicted octanol–water partition coefficient (Wildman–Crippen LogP) is 2.00. The summed E-state index contributed by atoms with van der Waals surface area (Å²) in [5.41, 5.74) is 7.78. The quantitative estimate of drug-likeness (QED) is 0.818. The number of carbonyl (C=O) groups excluding carboxylic acids is 2. The largest absolute Gasteiger partial charge is 0.350 e. The molecule has 2 amide bonds. The number of nitrogens with zero attached hydrogens (tertiary/aromatic N) is 1. The normalized spacial score (nSPS) is 17.6. The van der Waals surface area contributed by atoms with E-state index in [1.807, 2.05) is 30.3 Å². The molecule has 142 valence electrons. The van der Waals surface area contributed by atoms with Crippen molar-refractivity contribution in [2.75, 3.05) is 6.54 Å². The Balaban J connectivity index is 1.58. The number of nitrogens with two attached hydrogens (primary N) is 1. The number of carbonyl (C=O) groups is 2. The molecule has 6 heteroatoms. The van der Waals surface area contributed by atoms with Crippen LogP contribution in [-0.4, -0.2) is 35.3 Å². The number of benzene rings is 2. The van der Waals surface area contributed by atoms with Gasteiger partial charge in [0.15, 0.2) is 0 Å². The minimum atomic E-state index is -0.677. The molecular weight excluding hydrogens is 345 g/mol. The highest BCUT2D eigenvalue weighted by Gasteiger charge is 2.35. The summed E-state index contributed by atoms with van der Waals surface area (Å²) in [6.07, 6.45) is 1.81. The predicted molar refractivity (Wildman–Crippen MR) is 101 cm³/mol. The average Bonchev–Trinajstić information content (AvgIpc) is 3.16. The van der Waals surface area contributed by atoms with Crippen LogP contribution >= 0.6 is 0 Å². The number of nitrogens with one attached hydrogen (secondary N) is 1. The number of rotatable bonds is 6. The van der Waals surface area contributed by atoms with Crippen LogP contribution in [0.15, 0.2) is 54.6 Å². The third-order valence-electron chi connectivity index (χ3n) is 4.81. The zero-order valence-corrected chi connectivity index (χ0v) is 15.1. The Bertz CT molecular complexity index is 797. The number of hydrogen-bond acceptors (Lipinski definition) is 3. The molecule has 0 spiro atoms. The van der Waals surface area contributed by atoms with Gasteiger partial charge in [0.25, 0.3) is 0 Å². The molecule has 1 saturated heterocycles. The highest BCUT2D eigenvalue weighted by molar-refractivity contribution is 5.90. The second kappa shape index (κ2) is 8.77. The van der Waals surface area contributed by atoms with Crippen LogP contribution in [0.2, 0.25) is 0 Å². The van der Waals surface area contributed by atoms with Gasteiger partial charge in [-0.2, -0.15) is 0 Å². The van der Waals surface area contributed by atoms with Gasteiger partial charge in [-0.15, -0.1) is 0 Å². The second-order valence-electron chi connectivity index (χ2n) is 6.83. The zero-order chi connectivity index (χ0) is 19.2. The average molecular weight is 369 g/mol. The maximum absolute atomic E-state index is 13.2. The van der Waals surface area contributed by atoms with E-state index >= 15 is 0 Å². The van der Waals surface area contributed by atoms with Gasteiger partial charge in [0, 0.05) is 13.1 Å². The van der Waals surface area contributed by atoms with E-state index in [9.17, 15) is 14.0 Å². The van der Waals surface area contributed by atoms with Crippen LogP contribution in [0.4, 0.5) is 4.39 Å². The topological polar surface area (TPSA) is 75.4 Å². The highest BCUT2D eigenvalue weighted by atomic mass is 19.1. The molecule has 0 radical (unpaired) electrons. The van der Waals surface area contributed by atoms with Crippen molar-refractivity contribution in [3.05, 3.63) is 71.5 Å². The van der Waals surface area contributed by atoms with Gasteiger partial charge in [-0.25, -0.2) is 4.39 Å². The molecule has 2 aromatic rings. The van der Waals surface area contributed by atoms with E-state index in [2.05, 4.69) is 5.32 Å². The number of amides is 2. The summed E-state index contributed by atoms with van der Waals surface area (Å²) in [7, 11) is 0. The number of hydrogen-bond donors (Lipinski definition) is 2. The Morgan fingerprint density at radius 3 is 2.63 bits per heavy atom. The first-order valence-electron chi connectivity index (χ1n) is 9.17. The van der Waals surface area contributed by atoms with E-state index in [4.69, 9.17) is 5.73 Å². The lowest BCUT2D eigenvalue weighted by Gasteiger charge is -2.26. The molecule has 0 unspecified atom stereocenters. The van der Waals surface area contributed by atoms with Crippen molar-refractivity contribution in [2.24, 2.45) is 5.73 Å². The summed E-state index contributed by atoms with van der Waals surface area (Å²) in [5, 5.41) is 2.80. The maximum atomic E-state index is 13.2. The molecule has 0 saturated carbocycles. The van der Waals surface area contributed by atoms with Gasteiger partial charge < -0.3 is 16.0 Å². The minimum absolute atomic E-state index is 0.206. The van der Waals surface area contributed by atoms with E-state index in [1.54, 1.807) is 17.0 Å². The minimum Gasteiger partial charge on any atom is -0.350 e. The molecule has 1 aliphatic rings. The van der Waals surface area contributed by atoms with Crippen molar-refractivity contribution in [2.45, 2.75) is 37.9 Å². The van der Waals surface area contributed by atoms with Crippen molar-refractivity contribution in [3.63, 3.8) is 0 Å². The van der Waals surface area contributed by atoms with Gasteiger partial charge in [-0.05, 0) is 42.5 Å². The third-order valence-corrected chi connectivity index (χ3v) is 4.81. The van der Waals surface area contributed by atoms with E-state index in [0.717, 1.165) is 12.0 Å². The van der Waals surface area contributed by atoms with E-state index in [0.29, 0.717) is 24.9 Å². The molecule has 3 rings (SSSR count). The van der Waals surface area contributed by atoms with Gasteiger partial charge in [0.1, 0.15) is 11.9 Å². The monoisotopic (exact) mass is 369 g/mol. The van der Waals surface area contributed by atoms with Crippen molar-refractivity contribution in [1.82, 2.24) is 10.2 Å². The SMILES string of the molecule is N[C@H](Cc1ccccc1)C(=O)N1CCC[C@H]1C(=O)NCc1cccc(F)c1. The Hall–Kier alpha value is -2.73. The maximum Gasteiger partial charge on any atom is 0.243 e. The smallest absolute Gasteiger partial charge is 0.243 e. The highest BCUT2D eigenvalue weighted by Crippen LogP contribution is 2.19. The van der Waals surface area contributed by atoms with Gasteiger partial charge >= 0.3 is 0 Å². The van der Waals surface area contributed by atoms with Gasteiger partial charge in [0.05, 0.1) is 6.04 Å². The van der Waals surface area contributed by atoms with Crippen LogP contribution in [0.3, 0.4) is 0 Å². The molecule has 2 aromatic carbocycles. The van der Waals surface area contributed by atoms with E-state index < -0.39 is 12.1 Å². The summed E-state index contributed by atoms with van der Waals surface area (Å²) < 4.78 is 13.2. The van der Waals surface area contributed by atoms with Crippen molar-refractivity contribution >= 4 is 11.8 Å². The summed E-state index contributed by atoms with van der Waals surface area (Å²) in [5.74, 6) is -0.773. The molecular formula is C21H24FN3O2.